The van der Waals surface area contributed by atoms with E-state index < -0.39 is 0 Å². The molecule has 2 aromatic carbocycles. The first kappa shape index (κ1) is 47.4. The first-order chi connectivity index (χ1) is 23.0. The Morgan fingerprint density at radius 3 is 1.94 bits per heavy atom. The number of fused-ring (bicyclic) bond motifs is 6. The van der Waals surface area contributed by atoms with Gasteiger partial charge in [-0.1, -0.05) is 152 Å². The van der Waals surface area contributed by atoms with Crippen LogP contribution in [0.5, 0.6) is 0 Å². The van der Waals surface area contributed by atoms with Crippen LogP contribution >= 0.6 is 24.8 Å². The van der Waals surface area contributed by atoms with Gasteiger partial charge >= 0.3 is 28.4 Å². The second-order valence-corrected chi connectivity index (χ2v) is 16.8. The topological polar surface area (TPSA) is 0 Å². The van der Waals surface area contributed by atoms with Gasteiger partial charge in [0.2, 0.25) is 0 Å². The monoisotopic (exact) mass is 802 g/mol. The molecule has 0 aliphatic heterocycles. The fourth-order valence-corrected chi connectivity index (χ4v) is 8.96. The molecule has 7 rings (SSSR count). The van der Waals surface area contributed by atoms with E-state index in [1.807, 2.05) is 30.3 Å². The van der Waals surface area contributed by atoms with Crippen molar-refractivity contribution in [1.82, 2.24) is 0 Å². The molecule has 0 radical (unpaired) electrons. The first-order valence-corrected chi connectivity index (χ1v) is 20.1. The molecular weight excluding hydrogens is 739 g/mol. The van der Waals surface area contributed by atoms with Crippen molar-refractivity contribution in [1.29, 1.82) is 0 Å². The van der Waals surface area contributed by atoms with Gasteiger partial charge in [-0.2, -0.15) is 66.1 Å². The summed E-state index contributed by atoms with van der Waals surface area (Å²) in [5, 5.41) is 0. The standard InChI is InChI=1S/C29H37.C10H15.C6H5.C2H5.CH2.2ClH.Zr/c1-18-25-22-17-19-13-9-10-14-20(19)24(22)21-15-11-12-16-23(21)29(25,8)28(6,7)27(4,5)26(18,2)3;1-8-5-6-9(7-8)10(2,3)4;1-2-4-6-5-3-1;1-2;;;;/h9-11,13-15,23H,12,16-17H2,1-8H3;6-8H,1-4H3;1-5H;1H2,2H3;1H2;2*1H;/q4*-1;;;;. The summed E-state index contributed by atoms with van der Waals surface area (Å²) in [6, 6.07) is 21.7. The summed E-state index contributed by atoms with van der Waals surface area (Å²) in [6.07, 6.45) is 16.2. The van der Waals surface area contributed by atoms with E-state index in [1.165, 1.54) is 53.8 Å². The van der Waals surface area contributed by atoms with Crippen LogP contribution in [-0.2, 0) is 30.7 Å². The maximum absolute atomic E-state index is 3.34. The van der Waals surface area contributed by atoms with E-state index >= 15 is 0 Å². The molecule has 3 atom stereocenters. The molecule has 280 valence electrons. The molecule has 0 saturated heterocycles. The van der Waals surface area contributed by atoms with Crippen LogP contribution in [0.2, 0.25) is 0 Å². The minimum atomic E-state index is 0. The van der Waals surface area contributed by atoms with E-state index in [4.69, 9.17) is 0 Å². The number of hydrogen-bond acceptors (Lipinski definition) is 0. The van der Waals surface area contributed by atoms with Crippen LogP contribution in [0.3, 0.4) is 0 Å². The second-order valence-electron chi connectivity index (χ2n) is 16.8. The van der Waals surface area contributed by atoms with Gasteiger partial charge < -0.3 is 6.92 Å². The molecule has 3 unspecified atom stereocenters. The minimum Gasteiger partial charge on any atom is -0.184 e. The van der Waals surface area contributed by atoms with Gasteiger partial charge in [-0.3, -0.25) is 6.08 Å². The zero-order valence-corrected chi connectivity index (χ0v) is 38.1. The van der Waals surface area contributed by atoms with Crippen molar-refractivity contribution in [3.05, 3.63) is 137 Å². The predicted molar refractivity (Wildman–Crippen MR) is 227 cm³/mol. The molecule has 0 aromatic heterocycles. The number of benzene rings is 2. The summed E-state index contributed by atoms with van der Waals surface area (Å²) in [6.45, 7) is 34.2. The van der Waals surface area contributed by atoms with Crippen molar-refractivity contribution >= 4 is 34.6 Å². The number of rotatable bonds is 0. The average molecular weight is 805 g/mol. The molecule has 0 amide bonds. The van der Waals surface area contributed by atoms with Crippen LogP contribution in [0.25, 0.3) is 5.57 Å². The summed E-state index contributed by atoms with van der Waals surface area (Å²) in [4.78, 5) is 0. The summed E-state index contributed by atoms with van der Waals surface area (Å²) in [5.41, 5.74) is 12.0. The number of hydrogen-bond donors (Lipinski definition) is 0. The molecule has 0 heterocycles. The molecule has 5 aliphatic rings. The van der Waals surface area contributed by atoms with Gasteiger partial charge in [0.15, 0.2) is 0 Å². The minimum absolute atomic E-state index is 0. The Labute approximate surface area is 342 Å². The Morgan fingerprint density at radius 2 is 1.47 bits per heavy atom. The van der Waals surface area contributed by atoms with Gasteiger partial charge in [-0.15, -0.1) is 31.7 Å². The van der Waals surface area contributed by atoms with E-state index in [9.17, 15) is 0 Å². The van der Waals surface area contributed by atoms with Crippen LogP contribution in [0.15, 0.2) is 101 Å². The SMILES string of the molecule is CC1[C-]=CC(C(C)(C)C)=C1.C[C-]1C2=C3Cc4ccccc4C3=C3C=CCCC3C2(C)C(C)(C)C(C)(C)C1(C)C.Cl.Cl.[CH2-]C.[CH2]=[Zr].[c-]1ccccc1. The largest absolute Gasteiger partial charge is 0.184 e. The average Bonchev–Trinajstić information content (AvgIpc) is 3.71. The smallest absolute Gasteiger partial charge is 0.171 e. The summed E-state index contributed by atoms with van der Waals surface area (Å²) >= 11 is 1.30. The maximum atomic E-state index is 3.34. The molecule has 5 aliphatic carbocycles. The van der Waals surface area contributed by atoms with Crippen molar-refractivity contribution in [3.63, 3.8) is 0 Å². The third-order valence-corrected chi connectivity index (χ3v) is 13.2. The van der Waals surface area contributed by atoms with Crippen LogP contribution in [-0.4, -0.2) is 4.21 Å². The fourth-order valence-electron chi connectivity index (χ4n) is 8.96. The molecule has 51 heavy (non-hydrogen) atoms. The van der Waals surface area contributed by atoms with E-state index in [1.54, 1.807) is 35.1 Å². The van der Waals surface area contributed by atoms with Crippen molar-refractivity contribution in [3.8, 4) is 0 Å². The van der Waals surface area contributed by atoms with E-state index in [0.717, 1.165) is 6.42 Å². The van der Waals surface area contributed by atoms with Crippen molar-refractivity contribution in [2.75, 3.05) is 0 Å². The summed E-state index contributed by atoms with van der Waals surface area (Å²) in [7, 11) is 0. The Hall–Kier alpha value is -1.66. The molecule has 0 nitrogen and oxygen atoms in total. The van der Waals surface area contributed by atoms with Crippen molar-refractivity contribution in [2.24, 2.45) is 38.9 Å². The summed E-state index contributed by atoms with van der Waals surface area (Å²) < 4.78 is 3.34. The molecule has 1 saturated carbocycles. The van der Waals surface area contributed by atoms with Gasteiger partial charge in [-0.05, 0) is 40.6 Å². The van der Waals surface area contributed by atoms with Gasteiger partial charge in [0.1, 0.15) is 0 Å². The predicted octanol–water partition coefficient (Wildman–Crippen LogP) is 14.1. The summed E-state index contributed by atoms with van der Waals surface area (Å²) in [5.74, 6) is 2.76. The van der Waals surface area contributed by atoms with E-state index in [2.05, 4.69) is 155 Å². The van der Waals surface area contributed by atoms with Gasteiger partial charge in [-0.25, -0.2) is 12.0 Å². The van der Waals surface area contributed by atoms with Crippen molar-refractivity contribution < 1.29 is 24.2 Å². The quantitative estimate of drug-likeness (QED) is 0.233. The molecule has 2 aromatic rings. The first-order valence-electron chi connectivity index (χ1n) is 18.3. The van der Waals surface area contributed by atoms with Crippen LogP contribution in [0.4, 0.5) is 0 Å². The molecule has 0 bridgehead atoms. The molecule has 3 heteroatoms. The third-order valence-electron chi connectivity index (χ3n) is 13.2. The zero-order chi connectivity index (χ0) is 37.0. The number of allylic oxidation sites excluding steroid dienone is 10. The number of halogens is 2. The van der Waals surface area contributed by atoms with E-state index in [0.29, 0.717) is 17.3 Å². The maximum Gasteiger partial charge on any atom is -0.171 e. The van der Waals surface area contributed by atoms with Gasteiger partial charge in [0.05, 0.1) is 0 Å². The molecule has 0 N–H and O–H groups in total. The van der Waals surface area contributed by atoms with Gasteiger partial charge in [0.25, 0.3) is 0 Å². The zero-order valence-electron chi connectivity index (χ0n) is 34.0. The van der Waals surface area contributed by atoms with Crippen molar-refractivity contribution in [2.45, 2.75) is 109 Å². The normalized spacial score (nSPS) is 25.0. The third kappa shape index (κ3) is 8.53. The Bertz CT molecular complexity index is 1560. The molecule has 0 spiro atoms. The van der Waals surface area contributed by atoms with E-state index in [-0.39, 0.29) is 46.5 Å². The van der Waals surface area contributed by atoms with Gasteiger partial charge in [0, 0.05) is 0 Å². The molecule has 1 fully saturated rings. The van der Waals surface area contributed by atoms with Crippen LogP contribution in [0.1, 0.15) is 114 Å². The Kier molecular flexibility index (Phi) is 17.3. The Balaban J connectivity index is 0.000000489. The van der Waals surface area contributed by atoms with Crippen LogP contribution in [0, 0.1) is 63.9 Å². The fraction of sp³-hybridized carbons (Fsp3) is 0.479. The van der Waals surface area contributed by atoms with Crippen LogP contribution < -0.4 is 0 Å². The molecular formula is C48H66Cl2Zr-4. The Morgan fingerprint density at radius 1 is 0.882 bits per heavy atom. The second kappa shape index (κ2) is 18.6.